The van der Waals surface area contributed by atoms with E-state index >= 15 is 0 Å². The number of anilines is 1. The van der Waals surface area contributed by atoms with E-state index in [4.69, 9.17) is 0 Å². The predicted molar refractivity (Wildman–Crippen MR) is 111 cm³/mol. The summed E-state index contributed by atoms with van der Waals surface area (Å²) in [6.45, 7) is 5.82. The second-order valence-electron chi connectivity index (χ2n) is 5.98. The van der Waals surface area contributed by atoms with Crippen LogP contribution in [0.4, 0.5) is 5.69 Å². The first-order valence-electron chi connectivity index (χ1n) is 8.51. The second-order valence-corrected chi connectivity index (χ2v) is 5.98. The number of hydrogen-bond acceptors (Lipinski definition) is 2. The molecule has 1 aromatic carbocycles. The highest BCUT2D eigenvalue weighted by atomic mass is 127. The molecule has 0 saturated heterocycles. The van der Waals surface area contributed by atoms with Crippen molar-refractivity contribution < 1.29 is 4.79 Å². The minimum absolute atomic E-state index is 0. The fraction of sp³-hybridized carbons (Fsp3) is 0.556. The predicted octanol–water partition coefficient (Wildman–Crippen LogP) is 2.94. The number of guanidine groups is 1. The molecule has 2 N–H and O–H groups in total. The lowest BCUT2D eigenvalue weighted by Crippen LogP contribution is -2.42. The molecular weight excluding hydrogens is 415 g/mol. The first-order chi connectivity index (χ1) is 11.2. The van der Waals surface area contributed by atoms with Crippen LogP contribution in [0, 0.1) is 0 Å². The molecule has 1 heterocycles. The van der Waals surface area contributed by atoms with Crippen LogP contribution in [0.1, 0.15) is 38.7 Å². The van der Waals surface area contributed by atoms with Crippen LogP contribution in [0.15, 0.2) is 29.3 Å². The third kappa shape index (κ3) is 5.65. The molecule has 1 atom stereocenters. The Morgan fingerprint density at radius 3 is 2.83 bits per heavy atom. The Kier molecular flexibility index (Phi) is 9.10. The summed E-state index contributed by atoms with van der Waals surface area (Å²) in [5.74, 6) is 1.01. The van der Waals surface area contributed by atoms with Gasteiger partial charge in [-0.05, 0) is 37.8 Å². The van der Waals surface area contributed by atoms with Gasteiger partial charge in [0.05, 0.1) is 0 Å². The van der Waals surface area contributed by atoms with Gasteiger partial charge in [0.15, 0.2) is 5.96 Å². The number of nitrogens with zero attached hydrogens (tertiary/aromatic N) is 2. The number of aliphatic imine (C=N–C) groups is 1. The van der Waals surface area contributed by atoms with Gasteiger partial charge in [-0.2, -0.15) is 0 Å². The van der Waals surface area contributed by atoms with E-state index in [2.05, 4.69) is 35.5 Å². The highest BCUT2D eigenvalue weighted by Gasteiger charge is 2.23. The molecule has 0 aromatic heterocycles. The van der Waals surface area contributed by atoms with Crippen LogP contribution < -0.4 is 15.5 Å². The Balaban J connectivity index is 0.00000288. The number of rotatable bonds is 6. The summed E-state index contributed by atoms with van der Waals surface area (Å²) in [5, 5.41) is 6.58. The number of hydrogen-bond donors (Lipinski definition) is 2. The van der Waals surface area contributed by atoms with Crippen LogP contribution in [0.25, 0.3) is 0 Å². The number of benzene rings is 1. The third-order valence-electron chi connectivity index (χ3n) is 4.27. The van der Waals surface area contributed by atoms with Gasteiger partial charge in [0.2, 0.25) is 5.91 Å². The van der Waals surface area contributed by atoms with Crippen molar-refractivity contribution >= 4 is 41.5 Å². The highest BCUT2D eigenvalue weighted by Crippen LogP contribution is 2.27. The van der Waals surface area contributed by atoms with E-state index in [0.717, 1.165) is 44.0 Å². The largest absolute Gasteiger partial charge is 0.356 e. The van der Waals surface area contributed by atoms with Crippen LogP contribution in [0.2, 0.25) is 0 Å². The van der Waals surface area contributed by atoms with Gasteiger partial charge < -0.3 is 15.5 Å². The fourth-order valence-electron chi connectivity index (χ4n) is 2.71. The lowest BCUT2D eigenvalue weighted by Gasteiger charge is -2.18. The van der Waals surface area contributed by atoms with Gasteiger partial charge in [-0.3, -0.25) is 9.79 Å². The summed E-state index contributed by atoms with van der Waals surface area (Å²) in [6.07, 6.45) is 3.37. The number of para-hydroxylation sites is 1. The molecule has 1 aliphatic rings. The Morgan fingerprint density at radius 1 is 1.38 bits per heavy atom. The van der Waals surface area contributed by atoms with Gasteiger partial charge in [-0.1, -0.05) is 25.1 Å². The summed E-state index contributed by atoms with van der Waals surface area (Å²) >= 11 is 0. The zero-order valence-corrected chi connectivity index (χ0v) is 17.2. The molecule has 5 nitrogen and oxygen atoms in total. The van der Waals surface area contributed by atoms with Crippen molar-refractivity contribution in [3.05, 3.63) is 29.8 Å². The Labute approximate surface area is 162 Å². The quantitative estimate of drug-likeness (QED) is 0.307. The standard InChI is InChI=1S/C18H28N4O.HI/c1-4-14(2)21-18(19-3)20-12-7-10-17(23)22-13-11-15-8-5-6-9-16(15)22;/h5-6,8-9,14H,4,7,10-13H2,1-3H3,(H2,19,20,21);1H. The number of amides is 1. The van der Waals surface area contributed by atoms with Crippen molar-refractivity contribution in [3.63, 3.8) is 0 Å². The summed E-state index contributed by atoms with van der Waals surface area (Å²) in [7, 11) is 1.77. The molecule has 1 amide bonds. The average Bonchev–Trinajstić information content (AvgIpc) is 3.01. The molecule has 0 aliphatic carbocycles. The number of fused-ring (bicyclic) bond motifs is 1. The molecule has 0 saturated carbocycles. The normalized spacial score (nSPS) is 14.6. The van der Waals surface area contributed by atoms with Crippen molar-refractivity contribution in [1.82, 2.24) is 10.6 Å². The number of carbonyl (C=O) groups is 1. The fourth-order valence-corrected chi connectivity index (χ4v) is 2.71. The Bertz CT molecular complexity index is 562. The average molecular weight is 444 g/mol. The van der Waals surface area contributed by atoms with Crippen molar-refractivity contribution in [2.75, 3.05) is 25.0 Å². The molecule has 1 aliphatic heterocycles. The van der Waals surface area contributed by atoms with E-state index in [9.17, 15) is 4.79 Å². The number of halogens is 1. The van der Waals surface area contributed by atoms with Crippen LogP contribution in [-0.2, 0) is 11.2 Å². The Morgan fingerprint density at radius 2 is 2.12 bits per heavy atom. The maximum Gasteiger partial charge on any atom is 0.227 e. The van der Waals surface area contributed by atoms with Crippen molar-refractivity contribution in [2.45, 2.75) is 45.6 Å². The first kappa shape index (κ1) is 20.7. The van der Waals surface area contributed by atoms with E-state index in [1.54, 1.807) is 7.05 Å². The summed E-state index contributed by atoms with van der Waals surface area (Å²) in [4.78, 5) is 18.5. The summed E-state index contributed by atoms with van der Waals surface area (Å²) in [5.41, 5.74) is 2.36. The lowest BCUT2D eigenvalue weighted by atomic mass is 10.2. The first-order valence-corrected chi connectivity index (χ1v) is 8.51. The molecule has 0 fully saturated rings. The van der Waals surface area contributed by atoms with Gasteiger partial charge in [0.1, 0.15) is 0 Å². The van der Waals surface area contributed by atoms with Gasteiger partial charge in [0, 0.05) is 38.3 Å². The molecule has 134 valence electrons. The zero-order chi connectivity index (χ0) is 16.7. The van der Waals surface area contributed by atoms with E-state index in [1.165, 1.54) is 5.56 Å². The SMILES string of the molecule is CCC(C)NC(=NC)NCCCC(=O)N1CCc2ccccc21.I. The molecule has 2 rings (SSSR count). The van der Waals surface area contributed by atoms with Gasteiger partial charge in [-0.15, -0.1) is 24.0 Å². The summed E-state index contributed by atoms with van der Waals surface area (Å²) in [6, 6.07) is 8.57. The Hall–Kier alpha value is -1.31. The van der Waals surface area contributed by atoms with E-state index in [1.807, 2.05) is 23.1 Å². The smallest absolute Gasteiger partial charge is 0.227 e. The lowest BCUT2D eigenvalue weighted by molar-refractivity contribution is -0.118. The highest BCUT2D eigenvalue weighted by molar-refractivity contribution is 14.0. The third-order valence-corrected chi connectivity index (χ3v) is 4.27. The van der Waals surface area contributed by atoms with Crippen LogP contribution in [0.3, 0.4) is 0 Å². The summed E-state index contributed by atoms with van der Waals surface area (Å²) < 4.78 is 0. The minimum atomic E-state index is 0. The van der Waals surface area contributed by atoms with E-state index in [-0.39, 0.29) is 29.9 Å². The topological polar surface area (TPSA) is 56.7 Å². The van der Waals surface area contributed by atoms with E-state index in [0.29, 0.717) is 12.5 Å². The molecule has 1 aromatic rings. The molecule has 24 heavy (non-hydrogen) atoms. The molecule has 0 bridgehead atoms. The van der Waals surface area contributed by atoms with Crippen molar-refractivity contribution in [1.29, 1.82) is 0 Å². The van der Waals surface area contributed by atoms with E-state index < -0.39 is 0 Å². The monoisotopic (exact) mass is 444 g/mol. The van der Waals surface area contributed by atoms with Gasteiger partial charge >= 0.3 is 0 Å². The molecule has 6 heteroatoms. The van der Waals surface area contributed by atoms with Crippen molar-refractivity contribution in [2.24, 2.45) is 4.99 Å². The van der Waals surface area contributed by atoms with Crippen LogP contribution in [-0.4, -0.2) is 38.0 Å². The van der Waals surface area contributed by atoms with Crippen LogP contribution in [0.5, 0.6) is 0 Å². The second kappa shape index (κ2) is 10.5. The molecule has 1 unspecified atom stereocenters. The molecule has 0 radical (unpaired) electrons. The minimum Gasteiger partial charge on any atom is -0.356 e. The maximum absolute atomic E-state index is 12.4. The van der Waals surface area contributed by atoms with Crippen molar-refractivity contribution in [3.8, 4) is 0 Å². The van der Waals surface area contributed by atoms with Gasteiger partial charge in [0.25, 0.3) is 0 Å². The zero-order valence-electron chi connectivity index (χ0n) is 14.8. The molecule has 0 spiro atoms. The number of carbonyl (C=O) groups excluding carboxylic acids is 1. The van der Waals surface area contributed by atoms with Gasteiger partial charge in [-0.25, -0.2) is 0 Å². The number of nitrogens with one attached hydrogen (secondary N) is 2. The van der Waals surface area contributed by atoms with Crippen LogP contribution >= 0.6 is 24.0 Å². The maximum atomic E-state index is 12.4. The molecular formula is C18H29IN4O.